The number of hydrogen-bond donors (Lipinski definition) is 1. The lowest BCUT2D eigenvalue weighted by Gasteiger charge is -2.08. The van der Waals surface area contributed by atoms with Crippen molar-refractivity contribution in [1.82, 2.24) is 0 Å². The monoisotopic (exact) mass is 238 g/mol. The van der Waals surface area contributed by atoms with Gasteiger partial charge in [0.25, 0.3) is 0 Å². The van der Waals surface area contributed by atoms with Crippen molar-refractivity contribution in [3.05, 3.63) is 59.1 Å². The molecule has 1 atom stereocenters. The maximum atomic E-state index is 12.9. The van der Waals surface area contributed by atoms with Crippen LogP contribution < -0.4 is 0 Å². The number of aliphatic hydroxyl groups excluding tert-OH is 1. The first kappa shape index (κ1) is 11.8. The van der Waals surface area contributed by atoms with Gasteiger partial charge in [0.05, 0.1) is 0 Å². The molecule has 2 rings (SSSR count). The highest BCUT2D eigenvalue weighted by Crippen LogP contribution is 2.21. The molecule has 1 aromatic heterocycles. The molecule has 0 bridgehead atoms. The molecule has 1 unspecified atom stereocenters. The third kappa shape index (κ3) is 2.91. The number of rotatable bonds is 3. The highest BCUT2D eigenvalue weighted by Gasteiger charge is 2.13. The van der Waals surface area contributed by atoms with Crippen molar-refractivity contribution in [2.75, 3.05) is 0 Å². The fourth-order valence-corrected chi connectivity index (χ4v) is 1.69. The first-order valence-corrected chi connectivity index (χ1v) is 5.24. The van der Waals surface area contributed by atoms with Crippen LogP contribution in [-0.4, -0.2) is 5.11 Å². The van der Waals surface area contributed by atoms with Gasteiger partial charge in [-0.05, 0) is 36.8 Å². The number of hydrogen-bond acceptors (Lipinski definition) is 2. The minimum absolute atomic E-state index is 0.113. The Labute approximate surface area is 97.5 Å². The number of halogens is 2. The van der Waals surface area contributed by atoms with E-state index in [2.05, 4.69) is 0 Å². The van der Waals surface area contributed by atoms with Gasteiger partial charge in [0.15, 0.2) is 0 Å². The molecule has 0 saturated heterocycles. The van der Waals surface area contributed by atoms with Crippen molar-refractivity contribution in [2.24, 2.45) is 0 Å². The van der Waals surface area contributed by atoms with Gasteiger partial charge in [0.2, 0.25) is 0 Å². The smallest absolute Gasteiger partial charge is 0.132 e. The van der Waals surface area contributed by atoms with Crippen molar-refractivity contribution in [1.29, 1.82) is 0 Å². The van der Waals surface area contributed by atoms with E-state index in [9.17, 15) is 13.9 Å². The molecule has 0 aliphatic rings. The van der Waals surface area contributed by atoms with Gasteiger partial charge in [-0.3, -0.25) is 0 Å². The molecule has 1 aromatic carbocycles. The van der Waals surface area contributed by atoms with E-state index >= 15 is 0 Å². The summed E-state index contributed by atoms with van der Waals surface area (Å²) in [5.41, 5.74) is 0.393. The first-order valence-electron chi connectivity index (χ1n) is 5.24. The lowest BCUT2D eigenvalue weighted by molar-refractivity contribution is 0.148. The van der Waals surface area contributed by atoms with Crippen molar-refractivity contribution >= 4 is 0 Å². The Morgan fingerprint density at radius 1 is 1.18 bits per heavy atom. The van der Waals surface area contributed by atoms with E-state index < -0.39 is 17.7 Å². The van der Waals surface area contributed by atoms with Crippen LogP contribution >= 0.6 is 0 Å². The maximum Gasteiger partial charge on any atom is 0.132 e. The Bertz CT molecular complexity index is 500. The molecule has 90 valence electrons. The summed E-state index contributed by atoms with van der Waals surface area (Å²) in [7, 11) is 0. The van der Waals surface area contributed by atoms with Gasteiger partial charge in [-0.25, -0.2) is 8.78 Å². The summed E-state index contributed by atoms with van der Waals surface area (Å²) >= 11 is 0. The SMILES string of the molecule is Cc1ccc(C(O)Cc2cc(F)cc(F)c2)o1. The molecule has 2 nitrogen and oxygen atoms in total. The van der Waals surface area contributed by atoms with Crippen molar-refractivity contribution in [3.63, 3.8) is 0 Å². The van der Waals surface area contributed by atoms with E-state index in [1.54, 1.807) is 19.1 Å². The molecular formula is C13H12F2O2. The summed E-state index contributed by atoms with van der Waals surface area (Å²) in [5, 5.41) is 9.83. The zero-order valence-electron chi connectivity index (χ0n) is 9.28. The van der Waals surface area contributed by atoms with Crippen LogP contribution in [0.4, 0.5) is 8.78 Å². The van der Waals surface area contributed by atoms with Crippen LogP contribution in [0.5, 0.6) is 0 Å². The molecule has 2 aromatic rings. The Kier molecular flexibility index (Phi) is 3.24. The van der Waals surface area contributed by atoms with Gasteiger partial charge in [-0.15, -0.1) is 0 Å². The average molecular weight is 238 g/mol. The van der Waals surface area contributed by atoms with Gasteiger partial charge in [-0.2, -0.15) is 0 Å². The topological polar surface area (TPSA) is 33.4 Å². The Balaban J connectivity index is 2.15. The maximum absolute atomic E-state index is 12.9. The fraction of sp³-hybridized carbons (Fsp3) is 0.231. The van der Waals surface area contributed by atoms with Crippen LogP contribution in [0, 0.1) is 18.6 Å². The number of aryl methyl sites for hydroxylation is 1. The lowest BCUT2D eigenvalue weighted by Crippen LogP contribution is -2.01. The predicted molar refractivity (Wildman–Crippen MR) is 58.5 cm³/mol. The molecule has 0 fully saturated rings. The normalized spacial score (nSPS) is 12.7. The van der Waals surface area contributed by atoms with Crippen LogP contribution in [0.2, 0.25) is 0 Å². The predicted octanol–water partition coefficient (Wildman–Crippen LogP) is 3.14. The second-order valence-corrected chi connectivity index (χ2v) is 3.95. The van der Waals surface area contributed by atoms with Crippen LogP contribution in [0.15, 0.2) is 34.7 Å². The zero-order chi connectivity index (χ0) is 12.4. The van der Waals surface area contributed by atoms with Gasteiger partial charge < -0.3 is 9.52 Å². The van der Waals surface area contributed by atoms with Crippen molar-refractivity contribution in [3.8, 4) is 0 Å². The Morgan fingerprint density at radius 3 is 2.35 bits per heavy atom. The number of furan rings is 1. The van der Waals surface area contributed by atoms with Gasteiger partial charge >= 0.3 is 0 Å². The third-order valence-corrected chi connectivity index (χ3v) is 2.44. The van der Waals surface area contributed by atoms with E-state index in [1.807, 2.05) is 0 Å². The van der Waals surface area contributed by atoms with Crippen molar-refractivity contribution < 1.29 is 18.3 Å². The van der Waals surface area contributed by atoms with Gasteiger partial charge in [0.1, 0.15) is 29.3 Å². The van der Waals surface area contributed by atoms with E-state index in [0.29, 0.717) is 17.1 Å². The first-order chi connectivity index (χ1) is 8.04. The summed E-state index contributed by atoms with van der Waals surface area (Å²) in [6.45, 7) is 1.76. The third-order valence-electron chi connectivity index (χ3n) is 2.44. The van der Waals surface area contributed by atoms with Gasteiger partial charge in [-0.1, -0.05) is 0 Å². The van der Waals surface area contributed by atoms with E-state index in [-0.39, 0.29) is 6.42 Å². The highest BCUT2D eigenvalue weighted by molar-refractivity contribution is 5.20. The van der Waals surface area contributed by atoms with E-state index in [1.165, 1.54) is 12.1 Å². The average Bonchev–Trinajstić information content (AvgIpc) is 2.63. The number of aliphatic hydroxyl groups is 1. The molecule has 17 heavy (non-hydrogen) atoms. The largest absolute Gasteiger partial charge is 0.464 e. The molecule has 0 spiro atoms. The molecular weight excluding hydrogens is 226 g/mol. The molecule has 0 saturated carbocycles. The molecule has 0 aliphatic carbocycles. The van der Waals surface area contributed by atoms with Gasteiger partial charge in [0, 0.05) is 12.5 Å². The minimum Gasteiger partial charge on any atom is -0.464 e. The summed E-state index contributed by atoms with van der Waals surface area (Å²) < 4.78 is 31.1. The quantitative estimate of drug-likeness (QED) is 0.891. The highest BCUT2D eigenvalue weighted by atomic mass is 19.1. The summed E-state index contributed by atoms with van der Waals surface area (Å²) in [6, 6.07) is 6.57. The molecule has 0 aliphatic heterocycles. The Hall–Kier alpha value is -1.68. The van der Waals surface area contributed by atoms with E-state index in [0.717, 1.165) is 6.07 Å². The molecule has 4 heteroatoms. The summed E-state index contributed by atoms with van der Waals surface area (Å²) in [4.78, 5) is 0. The molecule has 1 N–H and O–H groups in total. The standard InChI is InChI=1S/C13H12F2O2/c1-8-2-3-13(17-8)12(16)6-9-4-10(14)7-11(15)5-9/h2-5,7,12,16H,6H2,1H3. The van der Waals surface area contributed by atoms with Crippen LogP contribution in [-0.2, 0) is 6.42 Å². The van der Waals surface area contributed by atoms with Crippen LogP contribution in [0.1, 0.15) is 23.2 Å². The second-order valence-electron chi connectivity index (χ2n) is 3.95. The second kappa shape index (κ2) is 4.67. The number of benzene rings is 1. The summed E-state index contributed by atoms with van der Waals surface area (Å²) in [5.74, 6) is -0.220. The van der Waals surface area contributed by atoms with E-state index in [4.69, 9.17) is 4.42 Å². The summed E-state index contributed by atoms with van der Waals surface area (Å²) in [6.07, 6.45) is -0.786. The molecule has 0 amide bonds. The lowest BCUT2D eigenvalue weighted by atomic mass is 10.1. The Morgan fingerprint density at radius 2 is 1.82 bits per heavy atom. The minimum atomic E-state index is -0.898. The molecule has 0 radical (unpaired) electrons. The van der Waals surface area contributed by atoms with Crippen molar-refractivity contribution in [2.45, 2.75) is 19.4 Å². The zero-order valence-corrected chi connectivity index (χ0v) is 9.28. The van der Waals surface area contributed by atoms with Crippen LogP contribution in [0.3, 0.4) is 0 Å². The fourth-order valence-electron chi connectivity index (χ4n) is 1.69. The molecule has 1 heterocycles. The van der Waals surface area contributed by atoms with Crippen LogP contribution in [0.25, 0.3) is 0 Å².